The van der Waals surface area contributed by atoms with Gasteiger partial charge >= 0.3 is 0 Å². The van der Waals surface area contributed by atoms with Crippen molar-refractivity contribution in [3.05, 3.63) is 57.9 Å². The van der Waals surface area contributed by atoms with Gasteiger partial charge in [-0.2, -0.15) is 5.26 Å². The van der Waals surface area contributed by atoms with Crippen LogP contribution in [0.3, 0.4) is 0 Å². The molecule has 1 aliphatic heterocycles. The summed E-state index contributed by atoms with van der Waals surface area (Å²) in [6.45, 7) is 4.81. The lowest BCUT2D eigenvalue weighted by atomic mass is 9.64. The van der Waals surface area contributed by atoms with Crippen LogP contribution < -0.4 is 4.74 Å². The number of halogens is 1. The highest BCUT2D eigenvalue weighted by Gasteiger charge is 2.49. The Morgan fingerprint density at radius 3 is 3.00 bits per heavy atom. The standard InChI is InChI=1S/C21H20ClN3O2/c1-3-17-15-12-24-11-14(10-23)19(15)27-8-7-25(17)20(26)21(2)9-13-5-4-6-16(22)18(13)21/h4-6,11-12,17H,3,7-9H2,1-2H3/t17-,21?/m0/s1. The summed E-state index contributed by atoms with van der Waals surface area (Å²) >= 11 is 6.41. The van der Waals surface area contributed by atoms with Crippen LogP contribution in [-0.4, -0.2) is 28.9 Å². The van der Waals surface area contributed by atoms with Crippen molar-refractivity contribution in [2.45, 2.75) is 38.1 Å². The Kier molecular flexibility index (Phi) is 4.32. The summed E-state index contributed by atoms with van der Waals surface area (Å²) in [5, 5.41) is 10.0. The molecule has 0 saturated heterocycles. The molecule has 2 aromatic rings. The Labute approximate surface area is 163 Å². The van der Waals surface area contributed by atoms with Gasteiger partial charge in [0.2, 0.25) is 5.91 Å². The highest BCUT2D eigenvalue weighted by molar-refractivity contribution is 6.32. The maximum absolute atomic E-state index is 13.6. The first-order valence-electron chi connectivity index (χ1n) is 9.11. The van der Waals surface area contributed by atoms with Crippen molar-refractivity contribution in [2.75, 3.05) is 13.2 Å². The Hall–Kier alpha value is -2.58. The van der Waals surface area contributed by atoms with Gasteiger partial charge in [-0.05, 0) is 37.0 Å². The first-order valence-corrected chi connectivity index (χ1v) is 9.48. The Morgan fingerprint density at radius 2 is 2.30 bits per heavy atom. The molecule has 1 unspecified atom stereocenters. The van der Waals surface area contributed by atoms with E-state index >= 15 is 0 Å². The topological polar surface area (TPSA) is 66.2 Å². The molecular weight excluding hydrogens is 362 g/mol. The van der Waals surface area contributed by atoms with Gasteiger partial charge in [0.15, 0.2) is 0 Å². The zero-order valence-corrected chi connectivity index (χ0v) is 16.1. The molecule has 0 saturated carbocycles. The number of pyridine rings is 1. The van der Waals surface area contributed by atoms with Crippen LogP contribution in [0.5, 0.6) is 5.75 Å². The molecule has 2 aliphatic rings. The fourth-order valence-electron chi connectivity index (χ4n) is 4.39. The van der Waals surface area contributed by atoms with Crippen LogP contribution >= 0.6 is 11.6 Å². The number of rotatable bonds is 2. The van der Waals surface area contributed by atoms with Crippen molar-refractivity contribution in [1.29, 1.82) is 5.26 Å². The first-order chi connectivity index (χ1) is 13.0. The van der Waals surface area contributed by atoms with Gasteiger partial charge in [-0.15, -0.1) is 0 Å². The minimum atomic E-state index is -0.633. The minimum absolute atomic E-state index is 0.0498. The van der Waals surface area contributed by atoms with Crippen LogP contribution in [0.4, 0.5) is 0 Å². The molecule has 1 aromatic heterocycles. The number of carbonyl (C=O) groups excluding carboxylic acids is 1. The fraction of sp³-hybridized carbons (Fsp3) is 0.381. The van der Waals surface area contributed by atoms with E-state index in [0.717, 1.165) is 16.7 Å². The summed E-state index contributed by atoms with van der Waals surface area (Å²) in [6, 6.07) is 7.74. The number of amides is 1. The first kappa shape index (κ1) is 17.8. The SMILES string of the molecule is CC[C@H]1c2cncc(C#N)c2OCCN1C(=O)C1(C)Cc2cccc(Cl)c21. The molecule has 0 spiro atoms. The molecule has 138 valence electrons. The van der Waals surface area contributed by atoms with Gasteiger partial charge in [0.05, 0.1) is 18.0 Å². The molecule has 0 bridgehead atoms. The number of nitrogens with zero attached hydrogens (tertiary/aromatic N) is 3. The van der Waals surface area contributed by atoms with Crippen LogP contribution in [0, 0.1) is 11.3 Å². The third kappa shape index (κ3) is 2.59. The molecule has 0 fully saturated rings. The molecular formula is C21H20ClN3O2. The molecule has 1 aromatic carbocycles. The summed E-state index contributed by atoms with van der Waals surface area (Å²) in [5.74, 6) is 0.598. The van der Waals surface area contributed by atoms with E-state index in [1.165, 1.54) is 6.20 Å². The van der Waals surface area contributed by atoms with E-state index in [9.17, 15) is 10.1 Å². The predicted molar refractivity (Wildman–Crippen MR) is 102 cm³/mol. The summed E-state index contributed by atoms with van der Waals surface area (Å²) in [6.07, 6.45) is 4.61. The number of nitriles is 1. The summed E-state index contributed by atoms with van der Waals surface area (Å²) in [4.78, 5) is 19.7. The number of fused-ring (bicyclic) bond motifs is 2. The number of benzene rings is 1. The maximum Gasteiger partial charge on any atom is 0.233 e. The molecule has 4 rings (SSSR count). The molecule has 5 nitrogen and oxygen atoms in total. The monoisotopic (exact) mass is 381 g/mol. The average Bonchev–Trinajstić information content (AvgIpc) is 2.84. The van der Waals surface area contributed by atoms with Crippen LogP contribution in [0.25, 0.3) is 0 Å². The van der Waals surface area contributed by atoms with E-state index in [1.54, 1.807) is 6.20 Å². The van der Waals surface area contributed by atoms with Gasteiger partial charge in [-0.25, -0.2) is 0 Å². The van der Waals surface area contributed by atoms with Gasteiger partial charge < -0.3 is 9.64 Å². The number of ether oxygens (including phenoxy) is 1. The van der Waals surface area contributed by atoms with Gasteiger partial charge in [0, 0.05) is 23.0 Å². The lowest BCUT2D eigenvalue weighted by molar-refractivity contribution is -0.140. The van der Waals surface area contributed by atoms with Crippen molar-refractivity contribution in [2.24, 2.45) is 0 Å². The van der Waals surface area contributed by atoms with Gasteiger partial charge in [-0.1, -0.05) is 30.7 Å². The largest absolute Gasteiger partial charge is 0.490 e. The fourth-order valence-corrected chi connectivity index (χ4v) is 4.79. The van der Waals surface area contributed by atoms with E-state index in [4.69, 9.17) is 16.3 Å². The van der Waals surface area contributed by atoms with Crippen molar-refractivity contribution >= 4 is 17.5 Å². The summed E-state index contributed by atoms with van der Waals surface area (Å²) in [5.41, 5.74) is 2.63. The Bertz CT molecular complexity index is 954. The molecule has 0 N–H and O–H groups in total. The molecule has 0 radical (unpaired) electrons. The lowest BCUT2D eigenvalue weighted by Gasteiger charge is -2.45. The van der Waals surface area contributed by atoms with E-state index in [0.29, 0.717) is 42.3 Å². The number of hydrogen-bond acceptors (Lipinski definition) is 4. The maximum atomic E-state index is 13.6. The van der Waals surface area contributed by atoms with E-state index < -0.39 is 5.41 Å². The number of aromatic nitrogens is 1. The van der Waals surface area contributed by atoms with Crippen molar-refractivity contribution in [3.63, 3.8) is 0 Å². The molecule has 1 aliphatic carbocycles. The van der Waals surface area contributed by atoms with Crippen LogP contribution in [0.2, 0.25) is 5.02 Å². The number of carbonyl (C=O) groups is 1. The molecule has 6 heteroatoms. The van der Waals surface area contributed by atoms with Crippen LogP contribution in [0.15, 0.2) is 30.6 Å². The molecule has 1 amide bonds. The van der Waals surface area contributed by atoms with E-state index in [-0.39, 0.29) is 11.9 Å². The zero-order valence-electron chi connectivity index (χ0n) is 15.3. The highest BCUT2D eigenvalue weighted by Crippen LogP contribution is 2.48. The Balaban J connectivity index is 1.75. The Morgan fingerprint density at radius 1 is 1.48 bits per heavy atom. The van der Waals surface area contributed by atoms with Gasteiger partial charge in [0.25, 0.3) is 0 Å². The molecule has 2 atom stereocenters. The smallest absolute Gasteiger partial charge is 0.233 e. The van der Waals surface area contributed by atoms with Crippen molar-refractivity contribution in [1.82, 2.24) is 9.88 Å². The van der Waals surface area contributed by atoms with Gasteiger partial charge in [-0.3, -0.25) is 9.78 Å². The quantitative estimate of drug-likeness (QED) is 0.793. The second-order valence-electron chi connectivity index (χ2n) is 7.27. The number of hydrogen-bond donors (Lipinski definition) is 0. The predicted octanol–water partition coefficient (Wildman–Crippen LogP) is 3.79. The van der Waals surface area contributed by atoms with Crippen LogP contribution in [0.1, 0.15) is 48.6 Å². The third-order valence-electron chi connectivity index (χ3n) is 5.67. The van der Waals surface area contributed by atoms with E-state index in [1.807, 2.05) is 36.9 Å². The highest BCUT2D eigenvalue weighted by atomic mass is 35.5. The summed E-state index contributed by atoms with van der Waals surface area (Å²) in [7, 11) is 0. The lowest BCUT2D eigenvalue weighted by Crippen LogP contribution is -2.53. The minimum Gasteiger partial charge on any atom is -0.490 e. The second kappa shape index (κ2) is 6.54. The second-order valence-corrected chi connectivity index (χ2v) is 7.68. The van der Waals surface area contributed by atoms with Crippen molar-refractivity contribution < 1.29 is 9.53 Å². The zero-order chi connectivity index (χ0) is 19.2. The normalized spacial score (nSPS) is 23.2. The summed E-state index contributed by atoms with van der Waals surface area (Å²) < 4.78 is 5.86. The average molecular weight is 382 g/mol. The van der Waals surface area contributed by atoms with E-state index in [2.05, 4.69) is 11.1 Å². The van der Waals surface area contributed by atoms with Crippen molar-refractivity contribution in [3.8, 4) is 11.8 Å². The molecule has 2 heterocycles. The van der Waals surface area contributed by atoms with Gasteiger partial charge in [0.1, 0.15) is 24.0 Å². The molecule has 27 heavy (non-hydrogen) atoms. The van der Waals surface area contributed by atoms with Crippen LogP contribution in [-0.2, 0) is 16.6 Å². The third-order valence-corrected chi connectivity index (χ3v) is 5.99.